The fourth-order valence-corrected chi connectivity index (χ4v) is 2.54. The first kappa shape index (κ1) is 12.7. The van der Waals surface area contributed by atoms with Crippen LogP contribution in [0.2, 0.25) is 0 Å². The van der Waals surface area contributed by atoms with Gasteiger partial charge in [0.2, 0.25) is 5.82 Å². The van der Waals surface area contributed by atoms with Gasteiger partial charge < -0.3 is 0 Å². The zero-order chi connectivity index (χ0) is 13.2. The highest BCUT2D eigenvalue weighted by atomic mass is 32.2. The third kappa shape index (κ3) is 2.56. The van der Waals surface area contributed by atoms with E-state index < -0.39 is 15.1 Å². The Morgan fingerprint density at radius 3 is 2.61 bits per heavy atom. The average Bonchev–Trinajstić information content (AvgIpc) is 2.82. The van der Waals surface area contributed by atoms with Gasteiger partial charge in [-0.2, -0.15) is 5.21 Å². The highest BCUT2D eigenvalue weighted by Gasteiger charge is 2.19. The van der Waals surface area contributed by atoms with Gasteiger partial charge in [0.05, 0.1) is 11.0 Å². The van der Waals surface area contributed by atoms with Crippen LogP contribution in [0.1, 0.15) is 19.4 Å². The lowest BCUT2D eigenvalue weighted by atomic mass is 10.1. The van der Waals surface area contributed by atoms with Crippen molar-refractivity contribution >= 4 is 9.84 Å². The maximum absolute atomic E-state index is 12.0. The van der Waals surface area contributed by atoms with E-state index >= 15 is 0 Å². The standard InChI is InChI=1S/C11H14N4O2S/c1-8(2)18(16,17)7-9-5-3-4-6-10(9)11-12-14-15-13-11/h3-6,8H,7H2,1-2H3,(H,12,13,14,15). The average molecular weight is 266 g/mol. The minimum atomic E-state index is -3.15. The van der Waals surface area contributed by atoms with E-state index in [4.69, 9.17) is 0 Å². The molecule has 0 aliphatic carbocycles. The van der Waals surface area contributed by atoms with E-state index in [-0.39, 0.29) is 5.75 Å². The van der Waals surface area contributed by atoms with E-state index in [1.54, 1.807) is 32.0 Å². The number of H-pyrrole nitrogens is 1. The largest absolute Gasteiger partial charge is 0.228 e. The van der Waals surface area contributed by atoms with E-state index in [1.165, 1.54) is 0 Å². The number of nitrogens with zero attached hydrogens (tertiary/aromatic N) is 3. The van der Waals surface area contributed by atoms with E-state index in [2.05, 4.69) is 20.6 Å². The summed E-state index contributed by atoms with van der Waals surface area (Å²) in [5.74, 6) is 0.389. The normalized spacial score (nSPS) is 11.9. The van der Waals surface area contributed by atoms with Crippen LogP contribution in [0.4, 0.5) is 0 Å². The summed E-state index contributed by atoms with van der Waals surface area (Å²) in [7, 11) is -3.15. The number of sulfone groups is 1. The summed E-state index contributed by atoms with van der Waals surface area (Å²) in [6, 6.07) is 7.17. The molecular formula is C11H14N4O2S. The number of nitrogens with one attached hydrogen (secondary N) is 1. The molecule has 2 aromatic rings. The van der Waals surface area contributed by atoms with Crippen molar-refractivity contribution in [3.8, 4) is 11.4 Å². The molecule has 7 heteroatoms. The molecule has 0 amide bonds. The summed E-state index contributed by atoms with van der Waals surface area (Å²) in [4.78, 5) is 0. The van der Waals surface area contributed by atoms with Gasteiger partial charge in [-0.1, -0.05) is 24.3 Å². The second kappa shape index (κ2) is 4.85. The Labute approximate surface area is 105 Å². The molecule has 18 heavy (non-hydrogen) atoms. The SMILES string of the molecule is CC(C)S(=O)(=O)Cc1ccccc1-c1nn[nH]n1. The number of tetrazole rings is 1. The minimum Gasteiger partial charge on any atom is -0.228 e. The summed E-state index contributed by atoms with van der Waals surface area (Å²) in [6.45, 7) is 3.35. The topological polar surface area (TPSA) is 88.6 Å². The predicted octanol–water partition coefficient (Wildman–Crippen LogP) is 1.19. The third-order valence-electron chi connectivity index (χ3n) is 2.68. The van der Waals surface area contributed by atoms with Gasteiger partial charge in [0.1, 0.15) is 0 Å². The Morgan fingerprint density at radius 1 is 1.28 bits per heavy atom. The zero-order valence-electron chi connectivity index (χ0n) is 10.2. The molecule has 0 unspecified atom stereocenters. The number of hydrogen-bond acceptors (Lipinski definition) is 5. The molecule has 96 valence electrons. The maximum Gasteiger partial charge on any atom is 0.204 e. The highest BCUT2D eigenvalue weighted by molar-refractivity contribution is 7.91. The summed E-state index contributed by atoms with van der Waals surface area (Å²) in [6.07, 6.45) is 0. The molecule has 6 nitrogen and oxygen atoms in total. The van der Waals surface area contributed by atoms with Gasteiger partial charge in [0, 0.05) is 5.56 Å². The van der Waals surface area contributed by atoms with Gasteiger partial charge >= 0.3 is 0 Å². The van der Waals surface area contributed by atoms with Crippen molar-refractivity contribution < 1.29 is 8.42 Å². The van der Waals surface area contributed by atoms with Gasteiger partial charge in [0.25, 0.3) is 0 Å². The fourth-order valence-electron chi connectivity index (χ4n) is 1.52. The Hall–Kier alpha value is -1.76. The Balaban J connectivity index is 2.41. The molecule has 1 N–H and O–H groups in total. The number of benzene rings is 1. The van der Waals surface area contributed by atoms with Gasteiger partial charge in [-0.15, -0.1) is 10.2 Å². The molecule has 0 spiro atoms. The summed E-state index contributed by atoms with van der Waals surface area (Å²) >= 11 is 0. The lowest BCUT2D eigenvalue weighted by molar-refractivity contribution is 0.586. The molecule has 0 saturated carbocycles. The predicted molar refractivity (Wildman–Crippen MR) is 67.4 cm³/mol. The van der Waals surface area contributed by atoms with Crippen LogP contribution in [-0.2, 0) is 15.6 Å². The third-order valence-corrected chi connectivity index (χ3v) is 4.83. The first-order chi connectivity index (χ1) is 8.50. The Kier molecular flexibility index (Phi) is 3.42. The zero-order valence-corrected chi connectivity index (χ0v) is 11.0. The number of aromatic nitrogens is 4. The van der Waals surface area contributed by atoms with Crippen molar-refractivity contribution in [3.05, 3.63) is 29.8 Å². The molecule has 0 saturated heterocycles. The number of aromatic amines is 1. The van der Waals surface area contributed by atoms with Crippen molar-refractivity contribution in [3.63, 3.8) is 0 Å². The second-order valence-corrected chi connectivity index (χ2v) is 6.81. The van der Waals surface area contributed by atoms with Crippen molar-refractivity contribution in [1.29, 1.82) is 0 Å². The summed E-state index contributed by atoms with van der Waals surface area (Å²) in [5, 5.41) is 13.2. The molecule has 1 aromatic carbocycles. The van der Waals surface area contributed by atoms with Crippen molar-refractivity contribution in [2.45, 2.75) is 24.9 Å². The molecule has 1 heterocycles. The minimum absolute atomic E-state index is 0.0185. The van der Waals surface area contributed by atoms with Gasteiger partial charge in [-0.25, -0.2) is 8.42 Å². The first-order valence-electron chi connectivity index (χ1n) is 5.54. The van der Waals surface area contributed by atoms with Crippen LogP contribution in [0.5, 0.6) is 0 Å². The molecule has 0 atom stereocenters. The number of rotatable bonds is 4. The van der Waals surface area contributed by atoms with E-state index in [0.717, 1.165) is 0 Å². The van der Waals surface area contributed by atoms with Crippen LogP contribution in [0.3, 0.4) is 0 Å². The first-order valence-corrected chi connectivity index (χ1v) is 7.25. The number of hydrogen-bond donors (Lipinski definition) is 1. The monoisotopic (exact) mass is 266 g/mol. The van der Waals surface area contributed by atoms with E-state index in [9.17, 15) is 8.42 Å². The van der Waals surface area contributed by atoms with E-state index in [1.807, 2.05) is 6.07 Å². The molecule has 0 bridgehead atoms. The van der Waals surface area contributed by atoms with Crippen molar-refractivity contribution in [2.24, 2.45) is 0 Å². The van der Waals surface area contributed by atoms with E-state index in [0.29, 0.717) is 17.0 Å². The van der Waals surface area contributed by atoms with Gasteiger partial charge in [-0.3, -0.25) is 0 Å². The van der Waals surface area contributed by atoms with Crippen LogP contribution >= 0.6 is 0 Å². The summed E-state index contributed by atoms with van der Waals surface area (Å²) < 4.78 is 23.9. The van der Waals surface area contributed by atoms with Gasteiger partial charge in [0.15, 0.2) is 9.84 Å². The lowest BCUT2D eigenvalue weighted by Gasteiger charge is -2.10. The molecule has 2 rings (SSSR count). The van der Waals surface area contributed by atoms with Crippen molar-refractivity contribution in [1.82, 2.24) is 20.6 Å². The molecule has 0 aliphatic heterocycles. The van der Waals surface area contributed by atoms with Crippen LogP contribution in [-0.4, -0.2) is 34.3 Å². The van der Waals surface area contributed by atoms with Crippen LogP contribution < -0.4 is 0 Å². The second-order valence-electron chi connectivity index (χ2n) is 4.25. The maximum atomic E-state index is 12.0. The molecule has 1 aromatic heterocycles. The highest BCUT2D eigenvalue weighted by Crippen LogP contribution is 2.22. The quantitative estimate of drug-likeness (QED) is 0.898. The fraction of sp³-hybridized carbons (Fsp3) is 0.364. The Morgan fingerprint density at radius 2 is 2.00 bits per heavy atom. The Bertz CT molecular complexity index is 620. The molecule has 0 radical (unpaired) electrons. The lowest BCUT2D eigenvalue weighted by Crippen LogP contribution is -2.16. The molecule has 0 aliphatic rings. The smallest absolute Gasteiger partial charge is 0.204 e. The molecular weight excluding hydrogens is 252 g/mol. The van der Waals surface area contributed by atoms with Crippen LogP contribution in [0, 0.1) is 0 Å². The van der Waals surface area contributed by atoms with Gasteiger partial charge in [-0.05, 0) is 24.6 Å². The van der Waals surface area contributed by atoms with Crippen molar-refractivity contribution in [2.75, 3.05) is 0 Å². The van der Waals surface area contributed by atoms with Crippen LogP contribution in [0.15, 0.2) is 24.3 Å². The van der Waals surface area contributed by atoms with Crippen LogP contribution in [0.25, 0.3) is 11.4 Å². The molecule has 0 fully saturated rings. The summed E-state index contributed by atoms with van der Waals surface area (Å²) in [5.41, 5.74) is 1.38.